The fourth-order valence-corrected chi connectivity index (χ4v) is 1.65. The minimum absolute atomic E-state index is 0.0946. The van der Waals surface area contributed by atoms with Crippen LogP contribution in [-0.2, 0) is 11.3 Å². The molecule has 7 nitrogen and oxygen atoms in total. The molecule has 2 aromatic rings. The molecule has 0 aliphatic rings. The summed E-state index contributed by atoms with van der Waals surface area (Å²) in [6, 6.07) is 6.69. The Kier molecular flexibility index (Phi) is 5.42. The maximum absolute atomic E-state index is 11.8. The van der Waals surface area contributed by atoms with Gasteiger partial charge < -0.3 is 9.73 Å². The van der Waals surface area contributed by atoms with Crippen LogP contribution in [0.2, 0.25) is 0 Å². The number of hydrogen-bond donors (Lipinski definition) is 2. The number of hydrogen-bond acceptors (Lipinski definition) is 5. The Morgan fingerprint density at radius 2 is 2.05 bits per heavy atom. The van der Waals surface area contributed by atoms with E-state index in [1.54, 1.807) is 37.5 Å². The number of hydrazone groups is 1. The third-order valence-electron chi connectivity index (χ3n) is 2.75. The molecule has 2 rings (SSSR count). The molecule has 2 aromatic heterocycles. The van der Waals surface area contributed by atoms with Gasteiger partial charge in [0.1, 0.15) is 5.76 Å². The SMILES string of the molecule is CC(CC(=O)NCc1ccco1)=NNC(=O)c1ccncc1. The van der Waals surface area contributed by atoms with Crippen molar-refractivity contribution in [3.63, 3.8) is 0 Å². The molecule has 114 valence electrons. The van der Waals surface area contributed by atoms with Crippen molar-refractivity contribution >= 4 is 17.5 Å². The van der Waals surface area contributed by atoms with E-state index in [0.717, 1.165) is 0 Å². The Balaban J connectivity index is 1.77. The van der Waals surface area contributed by atoms with E-state index < -0.39 is 0 Å². The van der Waals surface area contributed by atoms with E-state index in [2.05, 4.69) is 20.8 Å². The fraction of sp³-hybridized carbons (Fsp3) is 0.200. The Hall–Kier alpha value is -2.96. The van der Waals surface area contributed by atoms with Crippen molar-refractivity contribution in [2.75, 3.05) is 0 Å². The lowest BCUT2D eigenvalue weighted by atomic mass is 10.2. The Morgan fingerprint density at radius 3 is 2.73 bits per heavy atom. The maximum Gasteiger partial charge on any atom is 0.271 e. The molecular weight excluding hydrogens is 284 g/mol. The van der Waals surface area contributed by atoms with Crippen LogP contribution in [0.1, 0.15) is 29.5 Å². The Morgan fingerprint density at radius 1 is 1.27 bits per heavy atom. The van der Waals surface area contributed by atoms with Crippen molar-refractivity contribution in [3.05, 3.63) is 54.2 Å². The van der Waals surface area contributed by atoms with E-state index in [-0.39, 0.29) is 18.2 Å². The van der Waals surface area contributed by atoms with Crippen molar-refractivity contribution in [3.8, 4) is 0 Å². The number of nitrogens with one attached hydrogen (secondary N) is 2. The highest BCUT2D eigenvalue weighted by Crippen LogP contribution is 1.99. The molecule has 0 fully saturated rings. The van der Waals surface area contributed by atoms with Gasteiger partial charge in [0, 0.05) is 23.7 Å². The lowest BCUT2D eigenvalue weighted by Gasteiger charge is -2.04. The summed E-state index contributed by atoms with van der Waals surface area (Å²) in [6.07, 6.45) is 4.68. The minimum Gasteiger partial charge on any atom is -0.467 e. The highest BCUT2D eigenvalue weighted by atomic mass is 16.3. The van der Waals surface area contributed by atoms with E-state index in [1.807, 2.05) is 0 Å². The van der Waals surface area contributed by atoms with E-state index in [0.29, 0.717) is 23.6 Å². The summed E-state index contributed by atoms with van der Waals surface area (Å²) in [5, 5.41) is 6.60. The van der Waals surface area contributed by atoms with Crippen molar-refractivity contribution in [1.82, 2.24) is 15.7 Å². The van der Waals surface area contributed by atoms with Crippen LogP contribution in [0.25, 0.3) is 0 Å². The van der Waals surface area contributed by atoms with E-state index in [1.165, 1.54) is 12.4 Å². The quantitative estimate of drug-likeness (QED) is 0.624. The molecule has 0 aliphatic carbocycles. The minimum atomic E-state index is -0.349. The average molecular weight is 300 g/mol. The summed E-state index contributed by atoms with van der Waals surface area (Å²) in [7, 11) is 0. The summed E-state index contributed by atoms with van der Waals surface area (Å²) in [5.74, 6) is 0.127. The predicted molar refractivity (Wildman–Crippen MR) is 80.0 cm³/mol. The third kappa shape index (κ3) is 4.86. The summed E-state index contributed by atoms with van der Waals surface area (Å²) < 4.78 is 5.11. The molecule has 0 atom stereocenters. The number of pyridine rings is 1. The molecule has 2 N–H and O–H groups in total. The normalized spacial score (nSPS) is 11.0. The van der Waals surface area contributed by atoms with Gasteiger partial charge in [-0.05, 0) is 31.2 Å². The second-order valence-corrected chi connectivity index (χ2v) is 4.56. The first-order valence-electron chi connectivity index (χ1n) is 6.68. The molecule has 0 aliphatic heterocycles. The lowest BCUT2D eigenvalue weighted by Crippen LogP contribution is -2.26. The smallest absolute Gasteiger partial charge is 0.271 e. The molecule has 0 saturated carbocycles. The molecule has 0 radical (unpaired) electrons. The molecule has 0 saturated heterocycles. The number of rotatable bonds is 6. The number of carbonyl (C=O) groups is 2. The van der Waals surface area contributed by atoms with Gasteiger partial charge in [-0.3, -0.25) is 14.6 Å². The standard InChI is InChI=1S/C15H16N4O3/c1-11(9-14(20)17-10-13-3-2-8-22-13)18-19-15(21)12-4-6-16-7-5-12/h2-8H,9-10H2,1H3,(H,17,20)(H,19,21). The first-order valence-corrected chi connectivity index (χ1v) is 6.68. The largest absolute Gasteiger partial charge is 0.467 e. The molecule has 0 unspecified atom stereocenters. The van der Waals surface area contributed by atoms with Crippen LogP contribution in [0, 0.1) is 0 Å². The molecule has 22 heavy (non-hydrogen) atoms. The highest BCUT2D eigenvalue weighted by molar-refractivity contribution is 6.01. The summed E-state index contributed by atoms with van der Waals surface area (Å²) in [5.41, 5.74) is 3.35. The molecular formula is C15H16N4O3. The van der Waals surface area contributed by atoms with Gasteiger partial charge in [-0.2, -0.15) is 5.10 Å². The fourth-order valence-electron chi connectivity index (χ4n) is 1.65. The van der Waals surface area contributed by atoms with Crippen LogP contribution >= 0.6 is 0 Å². The second-order valence-electron chi connectivity index (χ2n) is 4.56. The van der Waals surface area contributed by atoms with Crippen LogP contribution in [0.3, 0.4) is 0 Å². The molecule has 0 spiro atoms. The Bertz CT molecular complexity index is 651. The van der Waals surface area contributed by atoms with Crippen molar-refractivity contribution in [2.45, 2.75) is 19.9 Å². The third-order valence-corrected chi connectivity index (χ3v) is 2.75. The topological polar surface area (TPSA) is 96.6 Å². The van der Waals surface area contributed by atoms with Gasteiger partial charge in [-0.25, -0.2) is 5.43 Å². The van der Waals surface area contributed by atoms with Crippen LogP contribution in [0.4, 0.5) is 0 Å². The van der Waals surface area contributed by atoms with Gasteiger partial charge >= 0.3 is 0 Å². The Labute approximate surface area is 127 Å². The zero-order valence-corrected chi connectivity index (χ0v) is 12.1. The van der Waals surface area contributed by atoms with Gasteiger partial charge in [0.25, 0.3) is 5.91 Å². The van der Waals surface area contributed by atoms with E-state index in [4.69, 9.17) is 4.42 Å². The first-order chi connectivity index (χ1) is 10.6. The number of furan rings is 1. The predicted octanol–water partition coefficient (Wildman–Crippen LogP) is 1.49. The van der Waals surface area contributed by atoms with Crippen molar-refractivity contribution in [1.29, 1.82) is 0 Å². The number of aromatic nitrogens is 1. The summed E-state index contributed by atoms with van der Waals surface area (Å²) in [6.45, 7) is 1.99. The van der Waals surface area contributed by atoms with Crippen LogP contribution in [0.15, 0.2) is 52.4 Å². The molecule has 2 amide bonds. The van der Waals surface area contributed by atoms with E-state index in [9.17, 15) is 9.59 Å². The van der Waals surface area contributed by atoms with Gasteiger partial charge in [-0.1, -0.05) is 0 Å². The number of nitrogens with zero attached hydrogens (tertiary/aromatic N) is 2. The molecule has 0 bridgehead atoms. The number of amides is 2. The van der Waals surface area contributed by atoms with Gasteiger partial charge in [-0.15, -0.1) is 0 Å². The van der Waals surface area contributed by atoms with Crippen LogP contribution < -0.4 is 10.7 Å². The van der Waals surface area contributed by atoms with Crippen LogP contribution in [-0.4, -0.2) is 22.5 Å². The van der Waals surface area contributed by atoms with Crippen LogP contribution in [0.5, 0.6) is 0 Å². The lowest BCUT2D eigenvalue weighted by molar-refractivity contribution is -0.120. The summed E-state index contributed by atoms with van der Waals surface area (Å²) >= 11 is 0. The second kappa shape index (κ2) is 7.72. The number of carbonyl (C=O) groups excluding carboxylic acids is 2. The van der Waals surface area contributed by atoms with E-state index >= 15 is 0 Å². The maximum atomic E-state index is 11.8. The highest BCUT2D eigenvalue weighted by Gasteiger charge is 2.06. The van der Waals surface area contributed by atoms with Crippen molar-refractivity contribution < 1.29 is 14.0 Å². The monoisotopic (exact) mass is 300 g/mol. The average Bonchev–Trinajstić information content (AvgIpc) is 3.05. The van der Waals surface area contributed by atoms with Gasteiger partial charge in [0.2, 0.25) is 5.91 Å². The summed E-state index contributed by atoms with van der Waals surface area (Å²) in [4.78, 5) is 27.3. The first kappa shape index (κ1) is 15.4. The van der Waals surface area contributed by atoms with Crippen molar-refractivity contribution in [2.24, 2.45) is 5.10 Å². The zero-order chi connectivity index (χ0) is 15.8. The van der Waals surface area contributed by atoms with Gasteiger partial charge in [0.15, 0.2) is 0 Å². The van der Waals surface area contributed by atoms with Gasteiger partial charge in [0.05, 0.1) is 19.2 Å². The molecule has 2 heterocycles. The molecule has 0 aromatic carbocycles. The zero-order valence-electron chi connectivity index (χ0n) is 12.1. The molecule has 7 heteroatoms.